The number of fused-ring (bicyclic) bond motifs is 1. The van der Waals surface area contributed by atoms with Gasteiger partial charge in [0, 0.05) is 23.1 Å². The monoisotopic (exact) mass is 555 g/mol. The van der Waals surface area contributed by atoms with Crippen LogP contribution in [-0.4, -0.2) is 12.9 Å². The van der Waals surface area contributed by atoms with Gasteiger partial charge in [0.25, 0.3) is 0 Å². The molecule has 1 heterocycles. The molecule has 2 N–H and O–H groups in total. The zero-order valence-corrected chi connectivity index (χ0v) is 24.1. The van der Waals surface area contributed by atoms with E-state index in [1.165, 1.54) is 0 Å². The number of anilines is 1. The maximum atomic E-state index is 13.8. The molecule has 1 aliphatic carbocycles. The first-order valence-corrected chi connectivity index (χ1v) is 14.2. The molecule has 1 atom stereocenters. The van der Waals surface area contributed by atoms with Gasteiger partial charge in [-0.25, -0.2) is 0 Å². The van der Waals surface area contributed by atoms with Crippen molar-refractivity contribution in [1.82, 2.24) is 0 Å². The predicted molar refractivity (Wildman–Crippen MR) is 165 cm³/mol. The molecule has 6 rings (SSSR count). The van der Waals surface area contributed by atoms with Crippen LogP contribution in [0.4, 0.5) is 5.69 Å². The van der Waals surface area contributed by atoms with Crippen LogP contribution in [0, 0.1) is 25.2 Å². The van der Waals surface area contributed by atoms with Crippen molar-refractivity contribution in [2.45, 2.75) is 45.6 Å². The van der Waals surface area contributed by atoms with Crippen LogP contribution in [0.2, 0.25) is 0 Å². The molecule has 2 aliphatic rings. The molecule has 0 saturated heterocycles. The Morgan fingerprint density at radius 2 is 1.69 bits per heavy atom. The molecule has 0 amide bonds. The third kappa shape index (κ3) is 4.67. The number of hydrogen-bond donors (Lipinski definition) is 1. The Morgan fingerprint density at radius 3 is 2.45 bits per heavy atom. The van der Waals surface area contributed by atoms with Gasteiger partial charge in [0.05, 0.1) is 30.4 Å². The number of benzene rings is 4. The highest BCUT2D eigenvalue weighted by Crippen LogP contribution is 2.48. The molecular weight excluding hydrogens is 522 g/mol. The number of carbonyl (C=O) groups excluding carboxylic acids is 1. The molecule has 4 aromatic rings. The minimum absolute atomic E-state index is 0.0720. The summed E-state index contributed by atoms with van der Waals surface area (Å²) in [6.45, 7) is 4.44. The summed E-state index contributed by atoms with van der Waals surface area (Å²) in [5.41, 5.74) is 13.7. The number of ketones is 1. The molecule has 0 bridgehead atoms. The highest BCUT2D eigenvalue weighted by atomic mass is 16.5. The van der Waals surface area contributed by atoms with E-state index in [0.29, 0.717) is 36.4 Å². The van der Waals surface area contributed by atoms with Gasteiger partial charge in [-0.15, -0.1) is 0 Å². The minimum atomic E-state index is -0.538. The predicted octanol–water partition coefficient (Wildman–Crippen LogP) is 7.35. The minimum Gasteiger partial charge on any atom is -0.497 e. The van der Waals surface area contributed by atoms with Crippen molar-refractivity contribution in [2.24, 2.45) is 5.73 Å². The molecule has 0 fully saturated rings. The maximum Gasteiger partial charge on any atom is 0.161 e. The lowest BCUT2D eigenvalue weighted by molar-refractivity contribution is -0.116. The zero-order valence-electron chi connectivity index (χ0n) is 24.1. The van der Waals surface area contributed by atoms with E-state index in [0.717, 1.165) is 62.3 Å². The second-order valence-corrected chi connectivity index (χ2v) is 10.9. The van der Waals surface area contributed by atoms with Crippen LogP contribution in [0.5, 0.6) is 11.5 Å². The summed E-state index contributed by atoms with van der Waals surface area (Å²) in [5.74, 6) is 1.41. The average Bonchev–Trinajstić information content (AvgIpc) is 3.00. The fourth-order valence-electron chi connectivity index (χ4n) is 6.29. The molecular formula is C36H33N3O3. The first-order chi connectivity index (χ1) is 20.4. The van der Waals surface area contributed by atoms with Crippen LogP contribution in [-0.2, 0) is 11.4 Å². The number of Topliss-reactive ketones (excluding diaryl/α,β-unsaturated/α-hetero) is 1. The second-order valence-electron chi connectivity index (χ2n) is 10.9. The Balaban J connectivity index is 1.47. The van der Waals surface area contributed by atoms with E-state index >= 15 is 0 Å². The third-order valence-electron chi connectivity index (χ3n) is 8.41. The topological polar surface area (TPSA) is 88.6 Å². The maximum absolute atomic E-state index is 13.8. The lowest BCUT2D eigenvalue weighted by Crippen LogP contribution is -2.39. The standard InChI is InChI=1S/C36H33N3O3/c1-22-18-23(2)29(19-25(22)21-42-27-16-14-26(41-3)15-17-27)34-30(20-37)36(38)39(32-12-7-13-33(40)35(32)34)31-11-6-9-24-8-4-5-10-28(24)31/h4-6,8-11,14-19,34H,7,12-13,21,38H2,1-3H3. The van der Waals surface area contributed by atoms with Crippen LogP contribution in [0.15, 0.2) is 102 Å². The van der Waals surface area contributed by atoms with Crippen molar-refractivity contribution in [3.8, 4) is 17.6 Å². The number of ether oxygens (including phenoxy) is 2. The molecule has 1 unspecified atom stereocenters. The van der Waals surface area contributed by atoms with E-state index in [2.05, 4.69) is 43.3 Å². The van der Waals surface area contributed by atoms with E-state index in [9.17, 15) is 10.1 Å². The van der Waals surface area contributed by atoms with Crippen LogP contribution in [0.25, 0.3) is 10.8 Å². The lowest BCUT2D eigenvalue weighted by atomic mass is 9.74. The molecule has 0 radical (unpaired) electrons. The Morgan fingerprint density at radius 1 is 0.952 bits per heavy atom. The van der Waals surface area contributed by atoms with Gasteiger partial charge in [0.15, 0.2) is 5.78 Å². The fourth-order valence-corrected chi connectivity index (χ4v) is 6.29. The number of nitrogens with zero attached hydrogens (tertiary/aromatic N) is 2. The van der Waals surface area contributed by atoms with Gasteiger partial charge in [0.1, 0.15) is 23.9 Å². The first kappa shape index (κ1) is 27.2. The van der Waals surface area contributed by atoms with Gasteiger partial charge in [0.2, 0.25) is 0 Å². The quantitative estimate of drug-likeness (QED) is 0.268. The SMILES string of the molecule is COc1ccc(OCc2cc(C3C(C#N)=C(N)N(c4cccc5ccccc45)C4=C3C(=O)CCC4)c(C)cc2C)cc1. The molecule has 6 nitrogen and oxygen atoms in total. The van der Waals surface area contributed by atoms with Gasteiger partial charge in [-0.05, 0) is 84.7 Å². The van der Waals surface area contributed by atoms with Crippen molar-refractivity contribution in [3.63, 3.8) is 0 Å². The molecule has 0 spiro atoms. The van der Waals surface area contributed by atoms with Crippen LogP contribution in [0.3, 0.4) is 0 Å². The molecule has 1 aliphatic heterocycles. The Labute approximate surface area is 246 Å². The summed E-state index contributed by atoms with van der Waals surface area (Å²) in [6.07, 6.45) is 1.91. The number of carbonyl (C=O) groups is 1. The van der Waals surface area contributed by atoms with Gasteiger partial charge >= 0.3 is 0 Å². The highest BCUT2D eigenvalue weighted by molar-refractivity contribution is 6.03. The summed E-state index contributed by atoms with van der Waals surface area (Å²) < 4.78 is 11.4. The molecule has 0 aromatic heterocycles. The molecule has 4 aromatic carbocycles. The van der Waals surface area contributed by atoms with Crippen molar-refractivity contribution in [3.05, 3.63) is 124 Å². The Kier molecular flexibility index (Phi) is 7.18. The summed E-state index contributed by atoms with van der Waals surface area (Å²) >= 11 is 0. The number of aryl methyl sites for hydroxylation is 2. The summed E-state index contributed by atoms with van der Waals surface area (Å²) in [7, 11) is 1.63. The number of methoxy groups -OCH3 is 1. The van der Waals surface area contributed by atoms with Gasteiger partial charge < -0.3 is 15.2 Å². The Hall–Kier alpha value is -5.02. The van der Waals surface area contributed by atoms with Crippen molar-refractivity contribution < 1.29 is 14.3 Å². The van der Waals surface area contributed by atoms with Crippen molar-refractivity contribution >= 4 is 22.2 Å². The second kappa shape index (κ2) is 11.1. The van der Waals surface area contributed by atoms with Crippen LogP contribution in [0.1, 0.15) is 47.4 Å². The van der Waals surface area contributed by atoms with Crippen molar-refractivity contribution in [2.75, 3.05) is 12.0 Å². The largest absolute Gasteiger partial charge is 0.497 e. The smallest absolute Gasteiger partial charge is 0.161 e. The normalized spacial score (nSPS) is 16.9. The van der Waals surface area contributed by atoms with E-state index in [1.807, 2.05) is 60.4 Å². The van der Waals surface area contributed by atoms with Gasteiger partial charge in [-0.1, -0.05) is 48.5 Å². The van der Waals surface area contributed by atoms with E-state index in [4.69, 9.17) is 15.2 Å². The van der Waals surface area contributed by atoms with E-state index < -0.39 is 5.92 Å². The van der Waals surface area contributed by atoms with Gasteiger partial charge in [-0.3, -0.25) is 9.69 Å². The zero-order chi connectivity index (χ0) is 29.4. The summed E-state index contributed by atoms with van der Waals surface area (Å²) in [4.78, 5) is 15.7. The third-order valence-corrected chi connectivity index (χ3v) is 8.41. The van der Waals surface area contributed by atoms with Gasteiger partial charge in [-0.2, -0.15) is 5.26 Å². The molecule has 0 saturated carbocycles. The number of hydrogen-bond acceptors (Lipinski definition) is 6. The fraction of sp³-hybridized carbons (Fsp3) is 0.222. The Bertz CT molecular complexity index is 1810. The van der Waals surface area contributed by atoms with Crippen LogP contribution >= 0.6 is 0 Å². The average molecular weight is 556 g/mol. The van der Waals surface area contributed by atoms with E-state index in [1.54, 1.807) is 7.11 Å². The summed E-state index contributed by atoms with van der Waals surface area (Å²) in [5, 5.41) is 12.7. The first-order valence-electron chi connectivity index (χ1n) is 14.2. The molecule has 210 valence electrons. The highest BCUT2D eigenvalue weighted by Gasteiger charge is 2.41. The molecule has 42 heavy (non-hydrogen) atoms. The van der Waals surface area contributed by atoms with Crippen molar-refractivity contribution in [1.29, 1.82) is 5.26 Å². The van der Waals surface area contributed by atoms with E-state index in [-0.39, 0.29) is 5.78 Å². The number of allylic oxidation sites excluding steroid dienone is 3. The lowest BCUT2D eigenvalue weighted by Gasteiger charge is -2.40. The number of nitrogens with two attached hydrogens (primary N) is 1. The van der Waals surface area contributed by atoms with Crippen LogP contribution < -0.4 is 20.1 Å². The summed E-state index contributed by atoms with van der Waals surface area (Å²) in [6, 6.07) is 28.3. The molecule has 6 heteroatoms. The number of nitriles is 1. The number of rotatable bonds is 6.